The maximum absolute atomic E-state index is 3.72. The normalized spacial score (nSPS) is 6.00. The molecule has 1 rings (SSSR count). The molecule has 0 amide bonds. The van der Waals surface area contributed by atoms with E-state index in [0.717, 1.165) is 5.56 Å². The minimum absolute atomic E-state index is 0. The van der Waals surface area contributed by atoms with E-state index in [9.17, 15) is 0 Å². The molecular formula is C8H11ClMg. The quantitative estimate of drug-likeness (QED) is 0.410. The summed E-state index contributed by atoms with van der Waals surface area (Å²) in [6.07, 6.45) is 0. The third-order valence-corrected chi connectivity index (χ3v) is 0.843. The van der Waals surface area contributed by atoms with Crippen molar-refractivity contribution < 1.29 is 0 Å². The van der Waals surface area contributed by atoms with Crippen molar-refractivity contribution in [3.05, 3.63) is 50.2 Å². The van der Waals surface area contributed by atoms with Gasteiger partial charge in [-0.3, -0.25) is 0 Å². The van der Waals surface area contributed by atoms with Crippen molar-refractivity contribution in [3.63, 3.8) is 0 Å². The van der Waals surface area contributed by atoms with Gasteiger partial charge in [0.25, 0.3) is 0 Å². The predicted octanol–water partition coefficient (Wildman–Crippen LogP) is 2.36. The Bertz CT molecular complexity index is 139. The van der Waals surface area contributed by atoms with Crippen LogP contribution in [0.3, 0.4) is 0 Å². The Balaban J connectivity index is -0.000000163. The van der Waals surface area contributed by atoms with Crippen molar-refractivity contribution in [2.45, 2.75) is 0 Å². The largest absolute Gasteiger partial charge is 2.00 e. The van der Waals surface area contributed by atoms with Gasteiger partial charge in [0.05, 0.1) is 0 Å². The van der Waals surface area contributed by atoms with Gasteiger partial charge in [-0.2, -0.15) is 24.6 Å². The first-order valence-corrected chi connectivity index (χ1v) is 2.26. The fraction of sp³-hybridized carbons (Fsp3) is 0. The molecule has 10 heavy (non-hydrogen) atoms. The van der Waals surface area contributed by atoms with Crippen LogP contribution in [0.2, 0.25) is 0 Å². The molecule has 0 aromatic heterocycles. The molecule has 0 saturated carbocycles. The zero-order chi connectivity index (χ0) is 5.11. The summed E-state index contributed by atoms with van der Waals surface area (Å²) in [4.78, 5) is 0. The molecule has 52 valence electrons. The van der Waals surface area contributed by atoms with Gasteiger partial charge in [-0.05, 0) is 0 Å². The van der Waals surface area contributed by atoms with Crippen LogP contribution in [0, 0.1) is 14.4 Å². The topological polar surface area (TPSA) is 0 Å². The molecule has 0 saturated heterocycles. The molecule has 0 fully saturated rings. The molecule has 0 aliphatic rings. The third kappa shape index (κ3) is 6.27. The first-order chi connectivity index (χ1) is 3.39. The molecule has 0 bridgehead atoms. The van der Waals surface area contributed by atoms with E-state index >= 15 is 0 Å². The second kappa shape index (κ2) is 9.15. The monoisotopic (exact) mass is 166 g/mol. The molecule has 2 heteroatoms. The van der Waals surface area contributed by atoms with Gasteiger partial charge in [0.15, 0.2) is 0 Å². The molecular weight excluding hydrogens is 156 g/mol. The predicted molar refractivity (Wildman–Crippen MR) is 50.3 cm³/mol. The van der Waals surface area contributed by atoms with Gasteiger partial charge in [0.2, 0.25) is 0 Å². The van der Waals surface area contributed by atoms with Gasteiger partial charge >= 0.3 is 23.1 Å². The minimum atomic E-state index is 0. The van der Waals surface area contributed by atoms with E-state index in [1.165, 1.54) is 0 Å². The van der Waals surface area contributed by atoms with Gasteiger partial charge in [0, 0.05) is 0 Å². The standard InChI is InChI=1S/C7H7.CH3.ClH.Mg/c1-7-5-3-2-4-6-7;;;/h2-6H,1H2;1H3;1H;/q2*-1;;+2. The molecule has 0 unspecified atom stereocenters. The molecule has 0 aliphatic carbocycles. The van der Waals surface area contributed by atoms with Crippen molar-refractivity contribution in [2.24, 2.45) is 0 Å². The van der Waals surface area contributed by atoms with E-state index in [1.807, 2.05) is 30.3 Å². The number of halogens is 1. The molecule has 0 heterocycles. The average Bonchev–Trinajstić information content (AvgIpc) is 1.69. The number of hydrogen-bond acceptors (Lipinski definition) is 0. The van der Waals surface area contributed by atoms with Gasteiger partial charge in [-0.15, -0.1) is 24.5 Å². The second-order valence-corrected chi connectivity index (χ2v) is 1.49. The number of hydrogen-bond donors (Lipinski definition) is 0. The van der Waals surface area contributed by atoms with Crippen molar-refractivity contribution in [1.82, 2.24) is 0 Å². The second-order valence-electron chi connectivity index (χ2n) is 1.49. The van der Waals surface area contributed by atoms with E-state index in [2.05, 4.69) is 6.92 Å². The summed E-state index contributed by atoms with van der Waals surface area (Å²) in [5.74, 6) is 0. The van der Waals surface area contributed by atoms with Crippen LogP contribution >= 0.6 is 12.4 Å². The Morgan fingerprint density at radius 2 is 1.40 bits per heavy atom. The molecule has 1 aromatic rings. The first-order valence-electron chi connectivity index (χ1n) is 2.26. The summed E-state index contributed by atoms with van der Waals surface area (Å²) in [6, 6.07) is 9.87. The SMILES string of the molecule is Cl.[CH2-]c1ccccc1.[CH3-].[Mg+2]. The van der Waals surface area contributed by atoms with E-state index < -0.39 is 0 Å². The van der Waals surface area contributed by atoms with Gasteiger partial charge in [0.1, 0.15) is 0 Å². The maximum atomic E-state index is 3.72. The fourth-order valence-electron chi connectivity index (χ4n) is 0.478. The molecule has 0 nitrogen and oxygen atoms in total. The fourth-order valence-corrected chi connectivity index (χ4v) is 0.478. The third-order valence-electron chi connectivity index (χ3n) is 0.843. The van der Waals surface area contributed by atoms with Crippen LogP contribution < -0.4 is 0 Å². The summed E-state index contributed by atoms with van der Waals surface area (Å²) < 4.78 is 0. The van der Waals surface area contributed by atoms with Crippen LogP contribution in [0.1, 0.15) is 5.56 Å². The maximum Gasteiger partial charge on any atom is 2.00 e. The summed E-state index contributed by atoms with van der Waals surface area (Å²) in [5, 5.41) is 0. The van der Waals surface area contributed by atoms with Crippen LogP contribution in [-0.4, -0.2) is 23.1 Å². The summed E-state index contributed by atoms with van der Waals surface area (Å²) >= 11 is 0. The molecule has 0 N–H and O–H groups in total. The Labute approximate surface area is 85.6 Å². The Morgan fingerprint density at radius 1 is 1.00 bits per heavy atom. The van der Waals surface area contributed by atoms with Crippen LogP contribution in [0.15, 0.2) is 30.3 Å². The van der Waals surface area contributed by atoms with E-state index in [0.29, 0.717) is 0 Å². The van der Waals surface area contributed by atoms with Gasteiger partial charge < -0.3 is 7.43 Å². The molecule has 0 aliphatic heterocycles. The molecule has 0 radical (unpaired) electrons. The van der Waals surface area contributed by atoms with Crippen molar-refractivity contribution in [3.8, 4) is 0 Å². The Hall–Kier alpha value is 0.146. The summed E-state index contributed by atoms with van der Waals surface area (Å²) in [6.45, 7) is 3.72. The van der Waals surface area contributed by atoms with E-state index in [1.54, 1.807) is 0 Å². The average molecular weight is 167 g/mol. The molecule has 0 spiro atoms. The first kappa shape index (κ1) is 16.6. The summed E-state index contributed by atoms with van der Waals surface area (Å²) in [5.41, 5.74) is 1.07. The van der Waals surface area contributed by atoms with Gasteiger partial charge in [-0.25, -0.2) is 0 Å². The van der Waals surface area contributed by atoms with E-state index in [4.69, 9.17) is 0 Å². The van der Waals surface area contributed by atoms with Crippen molar-refractivity contribution in [2.75, 3.05) is 0 Å². The van der Waals surface area contributed by atoms with Crippen LogP contribution in [-0.2, 0) is 0 Å². The smallest absolute Gasteiger partial charge is 0.358 e. The van der Waals surface area contributed by atoms with Crippen molar-refractivity contribution >= 4 is 35.5 Å². The Kier molecular flexibility index (Phi) is 15.2. The van der Waals surface area contributed by atoms with Crippen LogP contribution in [0.4, 0.5) is 0 Å². The van der Waals surface area contributed by atoms with Crippen LogP contribution in [0.25, 0.3) is 0 Å². The van der Waals surface area contributed by atoms with Gasteiger partial charge in [-0.1, -0.05) is 6.07 Å². The number of rotatable bonds is 0. The van der Waals surface area contributed by atoms with Crippen molar-refractivity contribution in [1.29, 1.82) is 0 Å². The molecule has 1 aromatic carbocycles. The van der Waals surface area contributed by atoms with Crippen LogP contribution in [0.5, 0.6) is 0 Å². The van der Waals surface area contributed by atoms with E-state index in [-0.39, 0.29) is 42.9 Å². The zero-order valence-corrected chi connectivity index (χ0v) is 8.44. The molecule has 0 atom stereocenters. The minimum Gasteiger partial charge on any atom is -0.358 e. The summed E-state index contributed by atoms with van der Waals surface area (Å²) in [7, 11) is 0. The zero-order valence-electron chi connectivity index (χ0n) is 6.21. The number of benzene rings is 1. The Morgan fingerprint density at radius 3 is 1.60 bits per heavy atom.